The van der Waals surface area contributed by atoms with Crippen LogP contribution in [0.4, 0.5) is 0 Å². The molecule has 4 N–H and O–H groups in total. The number of rotatable bonds is 6. The summed E-state index contributed by atoms with van der Waals surface area (Å²) in [4.78, 5) is 18.4. The number of likely N-dealkylation sites (tertiary alicyclic amines) is 1. The van der Waals surface area contributed by atoms with Crippen molar-refractivity contribution in [1.29, 1.82) is 0 Å². The molecular weight excluding hydrogens is 354 g/mol. The smallest absolute Gasteiger partial charge is 0.239 e. The van der Waals surface area contributed by atoms with Gasteiger partial charge in [0.25, 0.3) is 0 Å². The largest absolute Gasteiger partial charge is 0.393 e. The van der Waals surface area contributed by atoms with Crippen LogP contribution in [0.5, 0.6) is 0 Å². The fraction of sp³-hybridized carbons (Fsp3) is 0.619. The van der Waals surface area contributed by atoms with E-state index in [-0.39, 0.29) is 24.1 Å². The zero-order valence-corrected chi connectivity index (χ0v) is 17.6. The van der Waals surface area contributed by atoms with Gasteiger partial charge in [-0.25, -0.2) is 0 Å². The lowest BCUT2D eigenvalue weighted by atomic mass is 10.1. The van der Waals surface area contributed by atoms with Gasteiger partial charge >= 0.3 is 0 Å². The molecule has 0 radical (unpaired) electrons. The Kier molecular flexibility index (Phi) is 8.26. The van der Waals surface area contributed by atoms with Crippen LogP contribution < -0.4 is 16.0 Å². The third-order valence-corrected chi connectivity index (χ3v) is 4.60. The van der Waals surface area contributed by atoms with Crippen LogP contribution in [0.3, 0.4) is 0 Å². The molecule has 1 aromatic rings. The topological polar surface area (TPSA) is 89.0 Å². The molecule has 0 aliphatic carbocycles. The van der Waals surface area contributed by atoms with Crippen molar-refractivity contribution in [3.05, 3.63) is 35.4 Å². The number of piperidine rings is 1. The molecule has 0 saturated carbocycles. The van der Waals surface area contributed by atoms with Crippen LogP contribution >= 0.6 is 0 Å². The van der Waals surface area contributed by atoms with Crippen molar-refractivity contribution in [2.75, 3.05) is 26.7 Å². The normalized spacial score (nSPS) is 16.7. The Morgan fingerprint density at radius 1 is 1.14 bits per heavy atom. The van der Waals surface area contributed by atoms with Crippen molar-refractivity contribution in [2.24, 2.45) is 4.99 Å². The van der Waals surface area contributed by atoms with Crippen molar-refractivity contribution in [1.82, 2.24) is 20.9 Å². The molecule has 1 saturated heterocycles. The van der Waals surface area contributed by atoms with Crippen molar-refractivity contribution in [2.45, 2.75) is 58.3 Å². The Morgan fingerprint density at radius 3 is 2.32 bits per heavy atom. The monoisotopic (exact) mass is 389 g/mol. The highest BCUT2D eigenvalue weighted by atomic mass is 16.3. The van der Waals surface area contributed by atoms with Crippen molar-refractivity contribution >= 4 is 11.9 Å². The molecule has 0 atom stereocenters. The molecular formula is C21H35N5O2. The maximum atomic E-state index is 11.9. The third kappa shape index (κ3) is 8.27. The van der Waals surface area contributed by atoms with Gasteiger partial charge in [0.2, 0.25) is 5.91 Å². The van der Waals surface area contributed by atoms with Gasteiger partial charge in [-0.2, -0.15) is 0 Å². The molecule has 28 heavy (non-hydrogen) atoms. The van der Waals surface area contributed by atoms with Gasteiger partial charge in [0.1, 0.15) is 0 Å². The lowest BCUT2D eigenvalue weighted by molar-refractivity contribution is -0.121. The van der Waals surface area contributed by atoms with E-state index in [1.54, 1.807) is 7.05 Å². The highest BCUT2D eigenvalue weighted by molar-refractivity contribution is 5.86. The summed E-state index contributed by atoms with van der Waals surface area (Å²) >= 11 is 0. The van der Waals surface area contributed by atoms with Gasteiger partial charge in [0.05, 0.1) is 12.6 Å². The first-order valence-electron chi connectivity index (χ1n) is 9.99. The van der Waals surface area contributed by atoms with Gasteiger partial charge in [-0.1, -0.05) is 24.3 Å². The van der Waals surface area contributed by atoms with Gasteiger partial charge in [0, 0.05) is 38.8 Å². The number of amides is 1. The van der Waals surface area contributed by atoms with Gasteiger partial charge in [-0.05, 0) is 44.7 Å². The first-order chi connectivity index (χ1) is 13.2. The maximum absolute atomic E-state index is 11.9. The second-order valence-electron chi connectivity index (χ2n) is 8.40. The molecule has 1 aliphatic rings. The molecule has 2 rings (SSSR count). The Hall–Kier alpha value is -2.12. The van der Waals surface area contributed by atoms with Crippen molar-refractivity contribution in [3.8, 4) is 0 Å². The summed E-state index contributed by atoms with van der Waals surface area (Å²) in [6.07, 6.45) is 1.59. The molecule has 156 valence electrons. The van der Waals surface area contributed by atoms with Gasteiger partial charge < -0.3 is 21.1 Å². The SMILES string of the molecule is CN=C(NCC(=O)NC(C)(C)C)NCc1ccc(CN2CCC(O)CC2)cc1. The van der Waals surface area contributed by atoms with E-state index < -0.39 is 0 Å². The number of hydrogen-bond donors (Lipinski definition) is 4. The van der Waals surface area contributed by atoms with E-state index in [1.807, 2.05) is 20.8 Å². The van der Waals surface area contributed by atoms with Crippen LogP contribution in [0, 0.1) is 0 Å². The Balaban J connectivity index is 1.74. The first-order valence-corrected chi connectivity index (χ1v) is 9.99. The summed E-state index contributed by atoms with van der Waals surface area (Å²) in [5.41, 5.74) is 2.19. The number of guanidine groups is 1. The van der Waals surface area contributed by atoms with E-state index in [2.05, 4.69) is 50.1 Å². The number of aliphatic imine (C=N–C) groups is 1. The second kappa shape index (κ2) is 10.4. The minimum Gasteiger partial charge on any atom is -0.393 e. The molecule has 0 spiro atoms. The second-order valence-corrected chi connectivity index (χ2v) is 8.40. The Labute approximate surface area is 168 Å². The lowest BCUT2D eigenvalue weighted by Crippen LogP contribution is -2.48. The summed E-state index contributed by atoms with van der Waals surface area (Å²) in [6.45, 7) is 9.51. The number of benzene rings is 1. The average molecular weight is 390 g/mol. The summed E-state index contributed by atoms with van der Waals surface area (Å²) in [5, 5.41) is 18.8. The van der Waals surface area contributed by atoms with Crippen molar-refractivity contribution < 1.29 is 9.90 Å². The maximum Gasteiger partial charge on any atom is 0.239 e. The van der Waals surface area contributed by atoms with Crippen LogP contribution in [0.15, 0.2) is 29.3 Å². The fourth-order valence-electron chi connectivity index (χ4n) is 3.13. The zero-order valence-electron chi connectivity index (χ0n) is 17.6. The summed E-state index contributed by atoms with van der Waals surface area (Å²) in [5.74, 6) is 0.532. The van der Waals surface area contributed by atoms with Gasteiger partial charge in [-0.15, -0.1) is 0 Å². The van der Waals surface area contributed by atoms with Gasteiger partial charge in [0.15, 0.2) is 5.96 Å². The minimum absolute atomic E-state index is 0.0648. The molecule has 1 heterocycles. The zero-order chi connectivity index (χ0) is 20.6. The van der Waals surface area contributed by atoms with E-state index in [9.17, 15) is 9.90 Å². The number of carbonyl (C=O) groups is 1. The highest BCUT2D eigenvalue weighted by Crippen LogP contribution is 2.14. The van der Waals surface area contributed by atoms with Crippen LogP contribution in [0.1, 0.15) is 44.7 Å². The molecule has 7 nitrogen and oxygen atoms in total. The van der Waals surface area contributed by atoms with Crippen LogP contribution in [0.25, 0.3) is 0 Å². The minimum atomic E-state index is -0.245. The first kappa shape index (κ1) is 22.2. The summed E-state index contributed by atoms with van der Waals surface area (Å²) in [6, 6.07) is 8.52. The third-order valence-electron chi connectivity index (χ3n) is 4.60. The summed E-state index contributed by atoms with van der Waals surface area (Å²) < 4.78 is 0. The average Bonchev–Trinajstić information content (AvgIpc) is 2.63. The molecule has 7 heteroatoms. The number of nitrogens with zero attached hydrogens (tertiary/aromatic N) is 2. The van der Waals surface area contributed by atoms with E-state index in [4.69, 9.17) is 0 Å². The molecule has 0 unspecified atom stereocenters. The summed E-state index contributed by atoms with van der Waals surface area (Å²) in [7, 11) is 1.69. The molecule has 1 aromatic carbocycles. The number of aliphatic hydroxyl groups is 1. The van der Waals surface area contributed by atoms with Gasteiger partial charge in [-0.3, -0.25) is 14.7 Å². The molecule has 1 amide bonds. The van der Waals surface area contributed by atoms with E-state index in [0.717, 1.165) is 38.0 Å². The molecule has 0 bridgehead atoms. The molecule has 0 aromatic heterocycles. The fourth-order valence-corrected chi connectivity index (χ4v) is 3.13. The Morgan fingerprint density at radius 2 is 1.75 bits per heavy atom. The lowest BCUT2D eigenvalue weighted by Gasteiger charge is -2.29. The number of hydrogen-bond acceptors (Lipinski definition) is 4. The predicted molar refractivity (Wildman–Crippen MR) is 113 cm³/mol. The predicted octanol–water partition coefficient (Wildman–Crippen LogP) is 1.22. The van der Waals surface area contributed by atoms with Crippen LogP contribution in [-0.2, 0) is 17.9 Å². The number of nitrogens with one attached hydrogen (secondary N) is 3. The van der Waals surface area contributed by atoms with Crippen LogP contribution in [-0.4, -0.2) is 60.2 Å². The van der Waals surface area contributed by atoms with E-state index in [1.165, 1.54) is 5.56 Å². The van der Waals surface area contributed by atoms with Crippen molar-refractivity contribution in [3.63, 3.8) is 0 Å². The quantitative estimate of drug-likeness (QED) is 0.434. The number of carbonyl (C=O) groups excluding carboxylic acids is 1. The molecule has 1 fully saturated rings. The standard InChI is InChI=1S/C21H35N5O2/c1-21(2,3)25-19(28)14-24-20(22-4)23-13-16-5-7-17(8-6-16)15-26-11-9-18(27)10-12-26/h5-8,18,27H,9-15H2,1-4H3,(H,25,28)(H2,22,23,24). The number of aliphatic hydroxyl groups excluding tert-OH is 1. The van der Waals surface area contributed by atoms with E-state index >= 15 is 0 Å². The van der Waals surface area contributed by atoms with E-state index in [0.29, 0.717) is 12.5 Å². The van der Waals surface area contributed by atoms with Crippen LogP contribution in [0.2, 0.25) is 0 Å². The Bertz CT molecular complexity index is 644. The highest BCUT2D eigenvalue weighted by Gasteiger charge is 2.17. The molecule has 1 aliphatic heterocycles.